The Morgan fingerprint density at radius 2 is 1.87 bits per heavy atom. The van der Waals surface area contributed by atoms with E-state index in [2.05, 4.69) is 28.5 Å². The van der Waals surface area contributed by atoms with E-state index in [0.717, 1.165) is 29.4 Å². The van der Waals surface area contributed by atoms with Crippen LogP contribution in [-0.2, 0) is 34.0 Å². The lowest BCUT2D eigenvalue weighted by molar-refractivity contribution is -0.131. The molecule has 0 saturated carbocycles. The summed E-state index contributed by atoms with van der Waals surface area (Å²) in [7, 11) is -2.94. The quantitative estimate of drug-likeness (QED) is 0.792. The number of anilines is 1. The molecule has 2 aromatic carbocycles. The summed E-state index contributed by atoms with van der Waals surface area (Å²) in [6.07, 6.45) is 1.30. The average Bonchev–Trinajstić information content (AvgIpc) is 3.21. The number of nitrogens with zero attached hydrogens (tertiary/aromatic N) is 2. The highest BCUT2D eigenvalue weighted by atomic mass is 32.2. The Bertz CT molecular complexity index is 1110. The molecule has 3 aliphatic rings. The molecule has 1 saturated heterocycles. The molecule has 0 unspecified atom stereocenters. The zero-order valence-corrected chi connectivity index (χ0v) is 18.1. The van der Waals surface area contributed by atoms with Gasteiger partial charge in [0.25, 0.3) is 0 Å². The van der Waals surface area contributed by atoms with Crippen molar-refractivity contribution in [2.75, 3.05) is 23.4 Å². The van der Waals surface area contributed by atoms with Gasteiger partial charge in [0.05, 0.1) is 24.0 Å². The maximum Gasteiger partial charge on any atom is 0.227 e. The number of amides is 1. The minimum Gasteiger partial charge on any atom is -0.338 e. The number of amidine groups is 1. The summed E-state index contributed by atoms with van der Waals surface area (Å²) in [6, 6.07) is 16.0. The van der Waals surface area contributed by atoms with Gasteiger partial charge >= 0.3 is 0 Å². The minimum absolute atomic E-state index is 0.0315. The highest BCUT2D eigenvalue weighted by Crippen LogP contribution is 2.34. The highest BCUT2D eigenvalue weighted by Gasteiger charge is 2.42. The summed E-state index contributed by atoms with van der Waals surface area (Å²) in [6.45, 7) is 1.45. The molecule has 0 spiro atoms. The van der Waals surface area contributed by atoms with E-state index in [9.17, 15) is 13.2 Å². The van der Waals surface area contributed by atoms with Gasteiger partial charge < -0.3 is 10.2 Å². The zero-order chi connectivity index (χ0) is 20.7. The summed E-state index contributed by atoms with van der Waals surface area (Å²) >= 11 is 1.51. The van der Waals surface area contributed by atoms with Crippen LogP contribution < -0.4 is 5.32 Å². The Balaban J connectivity index is 1.18. The summed E-state index contributed by atoms with van der Waals surface area (Å²) < 4.78 is 23.4. The lowest BCUT2D eigenvalue weighted by Crippen LogP contribution is -2.36. The maximum atomic E-state index is 12.7. The molecule has 1 fully saturated rings. The lowest BCUT2D eigenvalue weighted by Gasteiger charge is -2.29. The van der Waals surface area contributed by atoms with E-state index in [1.165, 1.54) is 22.9 Å². The number of sulfone groups is 1. The van der Waals surface area contributed by atoms with Crippen LogP contribution in [0.2, 0.25) is 0 Å². The number of hydrogen-bond acceptors (Lipinski definition) is 6. The second-order valence-corrected chi connectivity index (χ2v) is 11.4. The fraction of sp³-hybridized carbons (Fsp3) is 0.364. The third-order valence-electron chi connectivity index (χ3n) is 5.86. The molecule has 156 valence electrons. The van der Waals surface area contributed by atoms with Gasteiger partial charge in [0.15, 0.2) is 15.0 Å². The van der Waals surface area contributed by atoms with E-state index in [0.29, 0.717) is 13.0 Å². The molecule has 1 amide bonds. The molecule has 5 rings (SSSR count). The Kier molecular flexibility index (Phi) is 5.06. The number of hydrogen-bond donors (Lipinski definition) is 1. The van der Waals surface area contributed by atoms with Crippen molar-refractivity contribution in [3.63, 3.8) is 0 Å². The number of fused-ring (bicyclic) bond motifs is 2. The fourth-order valence-electron chi connectivity index (χ4n) is 4.24. The van der Waals surface area contributed by atoms with Crippen LogP contribution in [0.25, 0.3) is 0 Å². The van der Waals surface area contributed by atoms with Crippen molar-refractivity contribution in [2.45, 2.75) is 30.7 Å². The molecule has 30 heavy (non-hydrogen) atoms. The van der Waals surface area contributed by atoms with Gasteiger partial charge in [0.1, 0.15) is 0 Å². The van der Waals surface area contributed by atoms with Crippen LogP contribution in [-0.4, -0.2) is 53.7 Å². The molecule has 0 aromatic heterocycles. The number of thioether (sulfide) groups is 1. The molecule has 2 aromatic rings. The molecule has 3 aliphatic heterocycles. The summed E-state index contributed by atoms with van der Waals surface area (Å²) in [5.74, 6) is 0.506. The van der Waals surface area contributed by atoms with E-state index < -0.39 is 9.84 Å². The number of aliphatic imine (C=N–C) groups is 1. The van der Waals surface area contributed by atoms with Gasteiger partial charge in [0.2, 0.25) is 5.91 Å². The number of rotatable bonds is 3. The van der Waals surface area contributed by atoms with Crippen LogP contribution in [0.15, 0.2) is 53.5 Å². The van der Waals surface area contributed by atoms with Crippen LogP contribution in [0.4, 0.5) is 5.69 Å². The summed E-state index contributed by atoms with van der Waals surface area (Å²) in [4.78, 5) is 19.2. The summed E-state index contributed by atoms with van der Waals surface area (Å²) in [5, 5.41) is 4.08. The maximum absolute atomic E-state index is 12.7. The third kappa shape index (κ3) is 4.11. The van der Waals surface area contributed by atoms with E-state index in [1.807, 2.05) is 35.2 Å². The zero-order valence-electron chi connectivity index (χ0n) is 16.5. The topological polar surface area (TPSA) is 78.8 Å². The first-order valence-corrected chi connectivity index (χ1v) is 12.8. The smallest absolute Gasteiger partial charge is 0.227 e. The molecule has 1 N–H and O–H groups in total. The Morgan fingerprint density at radius 3 is 2.63 bits per heavy atom. The Labute approximate surface area is 180 Å². The van der Waals surface area contributed by atoms with Gasteiger partial charge in [-0.15, -0.1) is 0 Å². The van der Waals surface area contributed by atoms with Gasteiger partial charge in [-0.2, -0.15) is 0 Å². The molecule has 2 atom stereocenters. The van der Waals surface area contributed by atoms with Crippen LogP contribution in [0.5, 0.6) is 0 Å². The average molecular weight is 442 g/mol. The molecule has 3 heterocycles. The number of carbonyl (C=O) groups excluding carboxylic acids is 1. The monoisotopic (exact) mass is 441 g/mol. The first-order chi connectivity index (χ1) is 14.4. The van der Waals surface area contributed by atoms with Crippen molar-refractivity contribution in [1.29, 1.82) is 0 Å². The van der Waals surface area contributed by atoms with Crippen molar-refractivity contribution in [2.24, 2.45) is 4.99 Å². The van der Waals surface area contributed by atoms with E-state index in [4.69, 9.17) is 0 Å². The first kappa shape index (κ1) is 19.6. The second-order valence-electron chi connectivity index (χ2n) is 8.07. The van der Waals surface area contributed by atoms with Crippen molar-refractivity contribution < 1.29 is 13.2 Å². The predicted molar refractivity (Wildman–Crippen MR) is 121 cm³/mol. The second kappa shape index (κ2) is 7.74. The van der Waals surface area contributed by atoms with Crippen molar-refractivity contribution in [3.8, 4) is 0 Å². The molecule has 0 radical (unpaired) electrons. The number of carbonyl (C=O) groups is 1. The molecule has 0 aliphatic carbocycles. The van der Waals surface area contributed by atoms with E-state index in [-0.39, 0.29) is 28.7 Å². The van der Waals surface area contributed by atoms with Crippen molar-refractivity contribution in [3.05, 3.63) is 65.2 Å². The van der Waals surface area contributed by atoms with Crippen LogP contribution in [0.3, 0.4) is 0 Å². The number of nitrogens with one attached hydrogen (secondary N) is 1. The lowest BCUT2D eigenvalue weighted by atomic mass is 9.99. The van der Waals surface area contributed by atoms with Gasteiger partial charge in [0, 0.05) is 24.0 Å². The molecule has 0 bridgehead atoms. The third-order valence-corrected chi connectivity index (χ3v) is 9.00. The van der Waals surface area contributed by atoms with Crippen LogP contribution >= 0.6 is 11.8 Å². The minimum atomic E-state index is -2.94. The standard InChI is InChI=1S/C22H23N3O3S2/c26-21(25-10-9-16-3-1-2-4-17(16)12-25)11-15-5-7-18(8-6-15)23-22-24-19-13-30(27,28)14-20(19)29-22/h1-8,19-20H,9-14H2,(H,23,24)/t19-,20-/m1/s1. The van der Waals surface area contributed by atoms with Gasteiger partial charge in [-0.05, 0) is 35.2 Å². The van der Waals surface area contributed by atoms with Crippen LogP contribution in [0, 0.1) is 0 Å². The van der Waals surface area contributed by atoms with Gasteiger partial charge in [-0.3, -0.25) is 9.79 Å². The number of benzene rings is 2. The molecular formula is C22H23N3O3S2. The largest absolute Gasteiger partial charge is 0.338 e. The molecule has 8 heteroatoms. The first-order valence-electron chi connectivity index (χ1n) is 10.1. The SMILES string of the molecule is O=C(Cc1ccc(NC2=N[C@@H]3CS(=O)(=O)C[C@H]3S2)cc1)N1CCc2ccccc2C1. The summed E-state index contributed by atoms with van der Waals surface area (Å²) in [5.41, 5.74) is 4.45. The van der Waals surface area contributed by atoms with Gasteiger partial charge in [-0.25, -0.2) is 8.42 Å². The normalized spacial score (nSPS) is 24.1. The van der Waals surface area contributed by atoms with Crippen LogP contribution in [0.1, 0.15) is 16.7 Å². The van der Waals surface area contributed by atoms with Crippen molar-refractivity contribution >= 4 is 38.4 Å². The highest BCUT2D eigenvalue weighted by molar-refractivity contribution is 8.15. The van der Waals surface area contributed by atoms with E-state index >= 15 is 0 Å². The molecule has 6 nitrogen and oxygen atoms in total. The Morgan fingerprint density at radius 1 is 1.10 bits per heavy atom. The Hall–Kier alpha value is -2.32. The van der Waals surface area contributed by atoms with Gasteiger partial charge in [-0.1, -0.05) is 48.2 Å². The van der Waals surface area contributed by atoms with Crippen molar-refractivity contribution in [1.82, 2.24) is 4.90 Å². The fourth-order valence-corrected chi connectivity index (χ4v) is 7.92. The van der Waals surface area contributed by atoms with E-state index in [1.54, 1.807) is 0 Å². The molecular weight excluding hydrogens is 418 g/mol. The predicted octanol–water partition coefficient (Wildman–Crippen LogP) is 2.49.